The molecule has 1 aliphatic heterocycles. The zero-order chi connectivity index (χ0) is 14.8. The number of fused-ring (bicyclic) bond motifs is 1. The van der Waals surface area contributed by atoms with Crippen LogP contribution in [0.4, 0.5) is 0 Å². The van der Waals surface area contributed by atoms with Crippen LogP contribution >= 0.6 is 0 Å². The lowest BCUT2D eigenvalue weighted by Gasteiger charge is -2.31. The van der Waals surface area contributed by atoms with Crippen LogP contribution in [0.15, 0.2) is 42.5 Å². The van der Waals surface area contributed by atoms with Crippen LogP contribution < -0.4 is 0 Å². The molecular weight excluding hydrogens is 276 g/mol. The van der Waals surface area contributed by atoms with Gasteiger partial charge in [-0.1, -0.05) is 48.9 Å². The Morgan fingerprint density at radius 1 is 1.00 bits per heavy atom. The molecule has 1 spiro atoms. The van der Waals surface area contributed by atoms with Crippen LogP contribution in [-0.4, -0.2) is 24.1 Å². The summed E-state index contributed by atoms with van der Waals surface area (Å²) in [6, 6.07) is 10.3. The summed E-state index contributed by atoms with van der Waals surface area (Å²) < 4.78 is 18.6. The van der Waals surface area contributed by atoms with Gasteiger partial charge in [-0.3, -0.25) is 0 Å². The molecule has 3 heteroatoms. The van der Waals surface area contributed by atoms with Crippen LogP contribution in [0.3, 0.4) is 0 Å². The molecule has 118 valence electrons. The minimum Gasteiger partial charge on any atom is -0.369 e. The second-order valence-corrected chi connectivity index (χ2v) is 6.67. The molecule has 3 atom stereocenters. The molecule has 0 N–H and O–H groups in total. The van der Waals surface area contributed by atoms with Crippen molar-refractivity contribution in [2.75, 3.05) is 0 Å². The standard InChI is InChI=1S/C19H24O3/c1-3-7-15(8-4-1)14-20-16-9-10-17-18(13-16)22-19(21-17)11-5-2-6-12-19/h1,3-4,7-10,16-18H,2,5-6,11-14H2/t16-,17+,18-/m1/s1. The molecule has 0 aromatic heterocycles. The summed E-state index contributed by atoms with van der Waals surface area (Å²) in [6.07, 6.45) is 11.4. The van der Waals surface area contributed by atoms with Crippen molar-refractivity contribution < 1.29 is 14.2 Å². The summed E-state index contributed by atoms with van der Waals surface area (Å²) in [6.45, 7) is 0.652. The Hall–Kier alpha value is -1.16. The number of rotatable bonds is 3. The second kappa shape index (κ2) is 6.15. The van der Waals surface area contributed by atoms with Gasteiger partial charge in [-0.2, -0.15) is 0 Å². The highest BCUT2D eigenvalue weighted by atomic mass is 16.8. The average molecular weight is 300 g/mol. The second-order valence-electron chi connectivity index (χ2n) is 6.67. The van der Waals surface area contributed by atoms with Crippen LogP contribution in [0.25, 0.3) is 0 Å². The first-order chi connectivity index (χ1) is 10.8. The van der Waals surface area contributed by atoms with Gasteiger partial charge >= 0.3 is 0 Å². The van der Waals surface area contributed by atoms with Gasteiger partial charge < -0.3 is 14.2 Å². The molecule has 0 bridgehead atoms. The molecule has 0 amide bonds. The zero-order valence-electron chi connectivity index (χ0n) is 12.9. The van der Waals surface area contributed by atoms with Gasteiger partial charge in [0.05, 0.1) is 18.8 Å². The molecule has 1 saturated heterocycles. The predicted octanol–water partition coefficient (Wildman–Crippen LogP) is 3.98. The summed E-state index contributed by atoms with van der Waals surface area (Å²) in [4.78, 5) is 0. The molecule has 3 aliphatic rings. The molecule has 0 unspecified atom stereocenters. The fourth-order valence-corrected chi connectivity index (χ4v) is 3.81. The number of ether oxygens (including phenoxy) is 3. The van der Waals surface area contributed by atoms with Gasteiger partial charge in [0.15, 0.2) is 5.79 Å². The summed E-state index contributed by atoms with van der Waals surface area (Å²) >= 11 is 0. The van der Waals surface area contributed by atoms with E-state index in [-0.39, 0.29) is 24.1 Å². The Labute approximate surface area is 132 Å². The highest BCUT2D eigenvalue weighted by molar-refractivity contribution is 5.14. The van der Waals surface area contributed by atoms with E-state index in [1.54, 1.807) is 0 Å². The topological polar surface area (TPSA) is 27.7 Å². The van der Waals surface area contributed by atoms with E-state index in [9.17, 15) is 0 Å². The first kappa shape index (κ1) is 14.4. The van der Waals surface area contributed by atoms with Gasteiger partial charge in [-0.25, -0.2) is 0 Å². The van der Waals surface area contributed by atoms with Crippen molar-refractivity contribution >= 4 is 0 Å². The van der Waals surface area contributed by atoms with E-state index in [1.165, 1.54) is 24.8 Å². The summed E-state index contributed by atoms with van der Waals surface area (Å²) in [5, 5.41) is 0. The van der Waals surface area contributed by atoms with E-state index in [0.29, 0.717) is 6.61 Å². The molecule has 1 aromatic rings. The van der Waals surface area contributed by atoms with E-state index in [2.05, 4.69) is 24.3 Å². The smallest absolute Gasteiger partial charge is 0.169 e. The van der Waals surface area contributed by atoms with Crippen molar-refractivity contribution in [3.8, 4) is 0 Å². The van der Waals surface area contributed by atoms with Crippen LogP contribution in [-0.2, 0) is 20.8 Å². The van der Waals surface area contributed by atoms with Crippen molar-refractivity contribution in [2.45, 2.75) is 69.2 Å². The lowest BCUT2D eigenvalue weighted by atomic mass is 9.94. The van der Waals surface area contributed by atoms with Crippen molar-refractivity contribution in [2.24, 2.45) is 0 Å². The zero-order valence-corrected chi connectivity index (χ0v) is 12.9. The lowest BCUT2D eigenvalue weighted by Crippen LogP contribution is -2.33. The van der Waals surface area contributed by atoms with Gasteiger partial charge in [0, 0.05) is 19.3 Å². The number of hydrogen-bond donors (Lipinski definition) is 0. The Morgan fingerprint density at radius 2 is 1.82 bits per heavy atom. The van der Waals surface area contributed by atoms with Crippen LogP contribution in [0, 0.1) is 0 Å². The molecule has 1 aromatic carbocycles. The molecule has 2 aliphatic carbocycles. The molecule has 2 fully saturated rings. The van der Waals surface area contributed by atoms with E-state index >= 15 is 0 Å². The Kier molecular flexibility index (Phi) is 4.03. The molecular formula is C19H24O3. The maximum atomic E-state index is 6.32. The minimum atomic E-state index is -0.299. The molecule has 4 rings (SSSR count). The van der Waals surface area contributed by atoms with Crippen LogP contribution in [0.5, 0.6) is 0 Å². The lowest BCUT2D eigenvalue weighted by molar-refractivity contribution is -0.192. The van der Waals surface area contributed by atoms with Crippen molar-refractivity contribution in [3.63, 3.8) is 0 Å². The molecule has 1 heterocycles. The third-order valence-corrected chi connectivity index (χ3v) is 4.99. The van der Waals surface area contributed by atoms with E-state index in [4.69, 9.17) is 14.2 Å². The summed E-state index contributed by atoms with van der Waals surface area (Å²) in [5.74, 6) is -0.299. The Morgan fingerprint density at radius 3 is 2.64 bits per heavy atom. The fraction of sp³-hybridized carbons (Fsp3) is 0.579. The maximum Gasteiger partial charge on any atom is 0.169 e. The van der Waals surface area contributed by atoms with Crippen molar-refractivity contribution in [1.82, 2.24) is 0 Å². The highest BCUT2D eigenvalue weighted by Gasteiger charge is 2.48. The van der Waals surface area contributed by atoms with E-state index in [0.717, 1.165) is 19.3 Å². The van der Waals surface area contributed by atoms with Crippen molar-refractivity contribution in [3.05, 3.63) is 48.0 Å². The van der Waals surface area contributed by atoms with E-state index < -0.39 is 0 Å². The Balaban J connectivity index is 1.35. The third kappa shape index (κ3) is 2.98. The summed E-state index contributed by atoms with van der Waals surface area (Å²) in [5.41, 5.74) is 1.21. The van der Waals surface area contributed by atoms with E-state index in [1.807, 2.05) is 18.2 Å². The molecule has 3 nitrogen and oxygen atoms in total. The minimum absolute atomic E-state index is 0.120. The highest BCUT2D eigenvalue weighted by Crippen LogP contribution is 2.43. The first-order valence-corrected chi connectivity index (χ1v) is 8.53. The molecule has 22 heavy (non-hydrogen) atoms. The predicted molar refractivity (Wildman–Crippen MR) is 84.3 cm³/mol. The van der Waals surface area contributed by atoms with Gasteiger partial charge in [-0.05, 0) is 18.4 Å². The largest absolute Gasteiger partial charge is 0.369 e. The van der Waals surface area contributed by atoms with Crippen LogP contribution in [0.2, 0.25) is 0 Å². The Bertz CT molecular complexity index is 519. The fourth-order valence-electron chi connectivity index (χ4n) is 3.81. The number of benzene rings is 1. The van der Waals surface area contributed by atoms with Gasteiger partial charge in [0.2, 0.25) is 0 Å². The first-order valence-electron chi connectivity index (χ1n) is 8.53. The monoisotopic (exact) mass is 300 g/mol. The SMILES string of the molecule is C1=C[C@@H]2OC3(CCCCC3)O[C@@H]2C[C@@H]1OCc1ccccc1. The van der Waals surface area contributed by atoms with Gasteiger partial charge in [0.25, 0.3) is 0 Å². The van der Waals surface area contributed by atoms with Gasteiger partial charge in [0.1, 0.15) is 6.10 Å². The molecule has 0 radical (unpaired) electrons. The maximum absolute atomic E-state index is 6.32. The number of hydrogen-bond acceptors (Lipinski definition) is 3. The van der Waals surface area contributed by atoms with Crippen LogP contribution in [0.1, 0.15) is 44.1 Å². The van der Waals surface area contributed by atoms with Crippen molar-refractivity contribution in [1.29, 1.82) is 0 Å². The summed E-state index contributed by atoms with van der Waals surface area (Å²) in [7, 11) is 0. The average Bonchev–Trinajstić information content (AvgIpc) is 2.91. The normalized spacial score (nSPS) is 33.0. The third-order valence-electron chi connectivity index (χ3n) is 4.99. The van der Waals surface area contributed by atoms with Gasteiger partial charge in [-0.15, -0.1) is 0 Å². The quantitative estimate of drug-likeness (QED) is 0.790. The molecule has 1 saturated carbocycles.